The van der Waals surface area contributed by atoms with Gasteiger partial charge in [-0.15, -0.1) is 0 Å². The van der Waals surface area contributed by atoms with E-state index in [9.17, 15) is 20.1 Å². The van der Waals surface area contributed by atoms with Crippen molar-refractivity contribution >= 4 is 22.9 Å². The van der Waals surface area contributed by atoms with E-state index in [1.807, 2.05) is 36.4 Å². The number of imidazole rings is 1. The number of aliphatic hydroxyl groups is 3. The van der Waals surface area contributed by atoms with Gasteiger partial charge in [0.2, 0.25) is 5.82 Å². The molecule has 0 bridgehead atoms. The van der Waals surface area contributed by atoms with Gasteiger partial charge >= 0.3 is 0 Å². The van der Waals surface area contributed by atoms with Crippen LogP contribution in [0.5, 0.6) is 0 Å². The first-order valence-electron chi connectivity index (χ1n) is 15.2. The first-order valence-corrected chi connectivity index (χ1v) is 15.2. The van der Waals surface area contributed by atoms with E-state index in [2.05, 4.69) is 54.8 Å². The third-order valence-corrected chi connectivity index (χ3v) is 8.43. The van der Waals surface area contributed by atoms with Crippen molar-refractivity contribution in [3.8, 4) is 0 Å². The molecule has 2 fully saturated rings. The van der Waals surface area contributed by atoms with Crippen LogP contribution in [0.3, 0.4) is 0 Å². The van der Waals surface area contributed by atoms with Crippen molar-refractivity contribution in [2.24, 2.45) is 0 Å². The molecule has 232 valence electrons. The second kappa shape index (κ2) is 13.8. The number of nitrogens with zero attached hydrogens (tertiary/aromatic N) is 5. The summed E-state index contributed by atoms with van der Waals surface area (Å²) in [6, 6.07) is 20.3. The molecule has 0 spiro atoms. The van der Waals surface area contributed by atoms with E-state index in [0.717, 1.165) is 37.2 Å². The zero-order valence-electron chi connectivity index (χ0n) is 24.5. The van der Waals surface area contributed by atoms with E-state index in [1.54, 1.807) is 0 Å². The molecule has 4 aromatic rings. The Kier molecular flexibility index (Phi) is 9.43. The summed E-state index contributed by atoms with van der Waals surface area (Å²) >= 11 is 0. The maximum Gasteiger partial charge on any atom is 0.289 e. The number of anilines is 1. The number of carbonyl (C=O) groups excluding carboxylic acids is 1. The third-order valence-electron chi connectivity index (χ3n) is 8.43. The van der Waals surface area contributed by atoms with Crippen molar-refractivity contribution in [2.75, 3.05) is 44.6 Å². The molecule has 0 saturated carbocycles. The Hall–Kier alpha value is -3.94. The molecule has 0 aliphatic carbocycles. The van der Waals surface area contributed by atoms with E-state index in [-0.39, 0.29) is 17.4 Å². The summed E-state index contributed by atoms with van der Waals surface area (Å²) < 4.78 is 7.23. The molecule has 2 aromatic carbocycles. The standard InChI is InChI=1S/C32H39N7O5/c40-19-24-26(41)27(42)32(44-24)39-20-35-25-28(34-18-23(21-10-3-1-4-11-21)22-12-5-2-6-13-22)36-29(37-30(25)39)31(43)33-14-9-17-38-15-7-8-16-38/h1-6,10-13,20,23-24,26-27,32,40-42H,7-9,14-19H2,(H,33,43)(H,34,36,37)/t24-,26-,27-,32-/m1/s1. The molecule has 12 heteroatoms. The lowest BCUT2D eigenvalue weighted by Gasteiger charge is -2.20. The smallest absolute Gasteiger partial charge is 0.289 e. The quantitative estimate of drug-likeness (QED) is 0.152. The van der Waals surface area contributed by atoms with Gasteiger partial charge in [0, 0.05) is 19.0 Å². The Bertz CT molecular complexity index is 1490. The Morgan fingerprint density at radius 2 is 1.66 bits per heavy atom. The molecule has 1 amide bonds. The summed E-state index contributed by atoms with van der Waals surface area (Å²) in [5.41, 5.74) is 2.87. The van der Waals surface area contributed by atoms with Gasteiger partial charge in [0.05, 0.1) is 12.9 Å². The number of carbonyl (C=O) groups is 1. The molecule has 2 aliphatic heterocycles. The summed E-state index contributed by atoms with van der Waals surface area (Å²) in [6.45, 7) is 3.59. The molecule has 2 aliphatic rings. The Balaban J connectivity index is 1.29. The van der Waals surface area contributed by atoms with E-state index >= 15 is 0 Å². The number of hydrogen-bond donors (Lipinski definition) is 5. The predicted molar refractivity (Wildman–Crippen MR) is 164 cm³/mol. The fourth-order valence-electron chi connectivity index (χ4n) is 6.02. The third kappa shape index (κ3) is 6.44. The van der Waals surface area contributed by atoms with Crippen LogP contribution in [-0.2, 0) is 4.74 Å². The lowest BCUT2D eigenvalue weighted by molar-refractivity contribution is -0.0511. The van der Waals surface area contributed by atoms with Gasteiger partial charge in [0.15, 0.2) is 23.2 Å². The number of hydrogen-bond acceptors (Lipinski definition) is 10. The highest BCUT2D eigenvalue weighted by molar-refractivity contribution is 5.94. The van der Waals surface area contributed by atoms with E-state index in [0.29, 0.717) is 24.4 Å². The Morgan fingerprint density at radius 3 is 2.30 bits per heavy atom. The topological polar surface area (TPSA) is 158 Å². The minimum absolute atomic E-state index is 0.0205. The summed E-state index contributed by atoms with van der Waals surface area (Å²) in [7, 11) is 0. The van der Waals surface area contributed by atoms with Crippen molar-refractivity contribution in [3.63, 3.8) is 0 Å². The Morgan fingerprint density at radius 1 is 0.977 bits per heavy atom. The van der Waals surface area contributed by atoms with Crippen LogP contribution in [0.25, 0.3) is 11.2 Å². The molecule has 6 rings (SSSR count). The van der Waals surface area contributed by atoms with Gasteiger partial charge < -0.3 is 35.6 Å². The molecule has 2 saturated heterocycles. The van der Waals surface area contributed by atoms with Crippen LogP contribution in [0.4, 0.5) is 5.82 Å². The van der Waals surface area contributed by atoms with Gasteiger partial charge in [-0.2, -0.15) is 0 Å². The molecule has 4 heterocycles. The molecule has 0 radical (unpaired) electrons. The van der Waals surface area contributed by atoms with Crippen molar-refractivity contribution < 1.29 is 24.9 Å². The predicted octanol–water partition coefficient (Wildman–Crippen LogP) is 1.90. The molecule has 4 atom stereocenters. The monoisotopic (exact) mass is 601 g/mol. The zero-order valence-corrected chi connectivity index (χ0v) is 24.5. The highest BCUT2D eigenvalue weighted by Crippen LogP contribution is 2.33. The number of likely N-dealkylation sites (tertiary alicyclic amines) is 1. The average Bonchev–Trinajstić information content (AvgIpc) is 3.80. The average molecular weight is 602 g/mol. The fraction of sp³-hybridized carbons (Fsp3) is 0.438. The van der Waals surface area contributed by atoms with Gasteiger partial charge in [0.1, 0.15) is 18.3 Å². The van der Waals surface area contributed by atoms with Crippen molar-refractivity contribution in [3.05, 3.63) is 83.9 Å². The van der Waals surface area contributed by atoms with Gasteiger partial charge in [-0.3, -0.25) is 9.36 Å². The van der Waals surface area contributed by atoms with Crippen molar-refractivity contribution in [2.45, 2.75) is 49.7 Å². The number of amides is 1. The molecular formula is C32H39N7O5. The molecular weight excluding hydrogens is 562 g/mol. The number of aromatic nitrogens is 4. The van der Waals surface area contributed by atoms with E-state index in [4.69, 9.17) is 4.74 Å². The van der Waals surface area contributed by atoms with Crippen molar-refractivity contribution in [1.82, 2.24) is 29.7 Å². The van der Waals surface area contributed by atoms with Gasteiger partial charge in [0.25, 0.3) is 5.91 Å². The van der Waals surface area contributed by atoms with Crippen LogP contribution in [0.15, 0.2) is 67.0 Å². The minimum Gasteiger partial charge on any atom is -0.394 e. The second-order valence-electron chi connectivity index (χ2n) is 11.4. The van der Waals surface area contributed by atoms with Gasteiger partial charge in [-0.25, -0.2) is 15.0 Å². The summed E-state index contributed by atoms with van der Waals surface area (Å²) in [6.07, 6.45) is 0.0278. The number of benzene rings is 2. The summed E-state index contributed by atoms with van der Waals surface area (Å²) in [5, 5.41) is 37.1. The van der Waals surface area contributed by atoms with Gasteiger partial charge in [-0.05, 0) is 50.0 Å². The van der Waals surface area contributed by atoms with Crippen LogP contribution in [-0.4, -0.2) is 103 Å². The number of rotatable bonds is 12. The Labute approximate surface area is 255 Å². The van der Waals surface area contributed by atoms with Crippen LogP contribution in [0.2, 0.25) is 0 Å². The van der Waals surface area contributed by atoms with E-state index in [1.165, 1.54) is 23.7 Å². The lowest BCUT2D eigenvalue weighted by Crippen LogP contribution is -2.33. The number of nitrogens with one attached hydrogen (secondary N) is 2. The molecule has 5 N–H and O–H groups in total. The zero-order chi connectivity index (χ0) is 30.5. The summed E-state index contributed by atoms with van der Waals surface area (Å²) in [4.78, 5) is 29.4. The largest absolute Gasteiger partial charge is 0.394 e. The van der Waals surface area contributed by atoms with Crippen molar-refractivity contribution in [1.29, 1.82) is 0 Å². The maximum atomic E-state index is 13.3. The summed E-state index contributed by atoms with van der Waals surface area (Å²) in [5.74, 6) is -0.133. The molecule has 2 aromatic heterocycles. The normalized spacial score (nSPS) is 22.2. The van der Waals surface area contributed by atoms with Crippen LogP contribution in [0.1, 0.15) is 53.2 Å². The molecule has 12 nitrogen and oxygen atoms in total. The lowest BCUT2D eigenvalue weighted by atomic mass is 9.91. The fourth-order valence-corrected chi connectivity index (χ4v) is 6.02. The SMILES string of the molecule is O=C(NCCCN1CCCC1)c1nc(NCC(c2ccccc2)c2ccccc2)c2ncn([C@@H]3O[C@H](CO)[C@@H](O)[C@H]3O)c2n1. The molecule has 44 heavy (non-hydrogen) atoms. The van der Waals surface area contributed by atoms with Gasteiger partial charge in [-0.1, -0.05) is 60.7 Å². The first kappa shape index (κ1) is 30.1. The number of fused-ring (bicyclic) bond motifs is 1. The first-order chi connectivity index (χ1) is 21.5. The number of aliphatic hydroxyl groups excluding tert-OH is 3. The van der Waals surface area contributed by atoms with E-state index < -0.39 is 37.1 Å². The van der Waals surface area contributed by atoms with Crippen LogP contribution < -0.4 is 10.6 Å². The maximum absolute atomic E-state index is 13.3. The van der Waals surface area contributed by atoms with Crippen LogP contribution in [0, 0.1) is 0 Å². The highest BCUT2D eigenvalue weighted by atomic mass is 16.6. The number of ether oxygens (including phenoxy) is 1. The minimum atomic E-state index is -1.33. The highest BCUT2D eigenvalue weighted by Gasteiger charge is 2.44. The van der Waals surface area contributed by atoms with Crippen LogP contribution >= 0.6 is 0 Å². The molecule has 0 unspecified atom stereocenters. The second-order valence-corrected chi connectivity index (χ2v) is 11.4.